The van der Waals surface area contributed by atoms with Crippen LogP contribution in [0.2, 0.25) is 0 Å². The molecular weight excluding hydrogens is 236 g/mol. The van der Waals surface area contributed by atoms with Gasteiger partial charge < -0.3 is 19.3 Å². The van der Waals surface area contributed by atoms with Gasteiger partial charge in [-0.3, -0.25) is 4.79 Å². The lowest BCUT2D eigenvalue weighted by molar-refractivity contribution is -0.184. The van der Waals surface area contributed by atoms with Crippen molar-refractivity contribution in [3.63, 3.8) is 0 Å². The third-order valence-corrected chi connectivity index (χ3v) is 4.66. The van der Waals surface area contributed by atoms with E-state index in [-0.39, 0.29) is 23.7 Å². The van der Waals surface area contributed by atoms with Crippen molar-refractivity contribution in [2.45, 2.75) is 38.1 Å². The van der Waals surface area contributed by atoms with Crippen LogP contribution in [0.3, 0.4) is 0 Å². The Hall–Kier alpha value is -0.650. The predicted octanol–water partition coefficient (Wildman–Crippen LogP) is 0.700. The molecule has 1 heterocycles. The fraction of sp³-hybridized carbons (Fsp3) is 0.923. The van der Waals surface area contributed by atoms with Gasteiger partial charge in [0.1, 0.15) is 0 Å². The van der Waals surface area contributed by atoms with Gasteiger partial charge in [-0.1, -0.05) is 0 Å². The van der Waals surface area contributed by atoms with Crippen molar-refractivity contribution < 1.29 is 24.1 Å². The molecule has 0 amide bonds. The maximum absolute atomic E-state index is 10.9. The molecule has 0 radical (unpaired) electrons. The van der Waals surface area contributed by atoms with Crippen LogP contribution in [0.25, 0.3) is 0 Å². The van der Waals surface area contributed by atoms with E-state index in [1.807, 2.05) is 0 Å². The molecule has 5 nitrogen and oxygen atoms in total. The van der Waals surface area contributed by atoms with Crippen molar-refractivity contribution in [3.05, 3.63) is 0 Å². The highest BCUT2D eigenvalue weighted by molar-refractivity contribution is 5.65. The van der Waals surface area contributed by atoms with Crippen LogP contribution in [-0.4, -0.2) is 42.8 Å². The second kappa shape index (κ2) is 4.47. The van der Waals surface area contributed by atoms with E-state index in [2.05, 4.69) is 0 Å². The summed E-state index contributed by atoms with van der Waals surface area (Å²) < 4.78 is 16.6. The molecule has 1 N–H and O–H groups in total. The molecule has 5 heteroatoms. The molecule has 3 fully saturated rings. The monoisotopic (exact) mass is 256 g/mol. The van der Waals surface area contributed by atoms with Gasteiger partial charge in [0.15, 0.2) is 5.79 Å². The summed E-state index contributed by atoms with van der Waals surface area (Å²) in [6.45, 7) is 2.99. The van der Waals surface area contributed by atoms with Gasteiger partial charge in [0.05, 0.1) is 25.9 Å². The smallest absolute Gasteiger partial charge is 0.302 e. The van der Waals surface area contributed by atoms with Gasteiger partial charge in [-0.15, -0.1) is 0 Å². The summed E-state index contributed by atoms with van der Waals surface area (Å²) in [5, 5.41) is 10.3. The second-order valence-electron chi connectivity index (χ2n) is 5.61. The fourth-order valence-corrected chi connectivity index (χ4v) is 3.88. The number of carbonyl (C=O) groups is 1. The van der Waals surface area contributed by atoms with Gasteiger partial charge in [-0.2, -0.15) is 0 Å². The quantitative estimate of drug-likeness (QED) is 0.737. The average molecular weight is 256 g/mol. The topological polar surface area (TPSA) is 65.0 Å². The molecule has 0 aromatic carbocycles. The van der Waals surface area contributed by atoms with Gasteiger partial charge in [0, 0.05) is 25.2 Å². The lowest BCUT2D eigenvalue weighted by Gasteiger charge is -2.28. The van der Waals surface area contributed by atoms with Gasteiger partial charge in [0.2, 0.25) is 0 Å². The van der Waals surface area contributed by atoms with Crippen LogP contribution in [-0.2, 0) is 19.0 Å². The summed E-state index contributed by atoms with van der Waals surface area (Å²) in [5.74, 6) is -0.258. The van der Waals surface area contributed by atoms with E-state index < -0.39 is 11.9 Å². The number of hydrogen-bond acceptors (Lipinski definition) is 5. The molecule has 0 aromatic heterocycles. The van der Waals surface area contributed by atoms with E-state index in [4.69, 9.17) is 14.2 Å². The lowest BCUT2D eigenvalue weighted by atomic mass is 9.96. The highest BCUT2D eigenvalue weighted by atomic mass is 16.7. The van der Waals surface area contributed by atoms with Crippen molar-refractivity contribution >= 4 is 5.97 Å². The maximum Gasteiger partial charge on any atom is 0.302 e. The number of esters is 1. The van der Waals surface area contributed by atoms with Crippen molar-refractivity contribution in [2.24, 2.45) is 17.8 Å². The van der Waals surface area contributed by atoms with Crippen LogP contribution < -0.4 is 0 Å². The number of aliphatic hydroxyl groups excluding tert-OH is 1. The Balaban J connectivity index is 1.68. The van der Waals surface area contributed by atoms with Crippen molar-refractivity contribution in [3.8, 4) is 0 Å². The van der Waals surface area contributed by atoms with Gasteiger partial charge in [-0.05, 0) is 18.8 Å². The van der Waals surface area contributed by atoms with E-state index in [1.54, 1.807) is 0 Å². The molecule has 1 aliphatic heterocycles. The van der Waals surface area contributed by atoms with Gasteiger partial charge in [-0.25, -0.2) is 0 Å². The molecule has 4 atom stereocenters. The second-order valence-corrected chi connectivity index (χ2v) is 5.61. The Morgan fingerprint density at radius 2 is 2.17 bits per heavy atom. The van der Waals surface area contributed by atoms with Crippen molar-refractivity contribution in [1.29, 1.82) is 0 Å². The number of aliphatic hydroxyl groups is 1. The van der Waals surface area contributed by atoms with Crippen LogP contribution in [0.1, 0.15) is 26.2 Å². The molecule has 2 saturated carbocycles. The molecule has 3 aliphatic rings. The van der Waals surface area contributed by atoms with Gasteiger partial charge >= 0.3 is 5.97 Å². The summed E-state index contributed by atoms with van der Waals surface area (Å²) >= 11 is 0. The van der Waals surface area contributed by atoms with E-state index >= 15 is 0 Å². The molecule has 2 aliphatic carbocycles. The largest absolute Gasteiger partial charge is 0.465 e. The third kappa shape index (κ3) is 1.85. The molecular formula is C13H20O5. The number of fused-ring (bicyclic) bond motifs is 2. The van der Waals surface area contributed by atoms with Crippen molar-refractivity contribution in [2.75, 3.05) is 19.8 Å². The SMILES string of the molecule is CC(=O)OC[C@H]1C[C@H]2[C@H](CCC23OCCO3)[C@@H]1O. The maximum atomic E-state index is 10.9. The summed E-state index contributed by atoms with van der Waals surface area (Å²) in [6.07, 6.45) is 2.22. The van der Waals surface area contributed by atoms with Crippen LogP contribution in [0.4, 0.5) is 0 Å². The minimum atomic E-state index is -0.462. The van der Waals surface area contributed by atoms with Crippen LogP contribution >= 0.6 is 0 Å². The number of ether oxygens (including phenoxy) is 3. The first-order chi connectivity index (χ1) is 8.62. The van der Waals surface area contributed by atoms with E-state index in [9.17, 15) is 9.90 Å². The number of hydrogen-bond donors (Lipinski definition) is 1. The Morgan fingerprint density at radius 3 is 2.83 bits per heavy atom. The molecule has 102 valence electrons. The van der Waals surface area contributed by atoms with Crippen LogP contribution in [0.5, 0.6) is 0 Å². The molecule has 0 aromatic rings. The predicted molar refractivity (Wildman–Crippen MR) is 61.6 cm³/mol. The van der Waals surface area contributed by atoms with Crippen molar-refractivity contribution in [1.82, 2.24) is 0 Å². The first kappa shape index (κ1) is 12.4. The zero-order chi connectivity index (χ0) is 12.8. The summed E-state index contributed by atoms with van der Waals surface area (Å²) in [7, 11) is 0. The molecule has 1 saturated heterocycles. The first-order valence-electron chi connectivity index (χ1n) is 6.72. The molecule has 0 unspecified atom stereocenters. The van der Waals surface area contributed by atoms with Gasteiger partial charge in [0.25, 0.3) is 0 Å². The van der Waals surface area contributed by atoms with E-state index in [0.29, 0.717) is 19.8 Å². The lowest BCUT2D eigenvalue weighted by Crippen LogP contribution is -2.35. The number of carbonyl (C=O) groups excluding carboxylic acids is 1. The molecule has 1 spiro atoms. The minimum Gasteiger partial charge on any atom is -0.465 e. The standard InChI is InChI=1S/C13H20O5/c1-8(14)16-7-9-6-11-10(12(9)15)2-3-13(11)17-4-5-18-13/h9-12,15H,2-7H2,1H3/t9-,10+,11+,12-/m1/s1. The Labute approximate surface area is 106 Å². The highest BCUT2D eigenvalue weighted by Gasteiger charge is 2.59. The Bertz CT molecular complexity index is 336. The molecule has 0 bridgehead atoms. The minimum absolute atomic E-state index is 0.0221. The fourth-order valence-electron chi connectivity index (χ4n) is 3.88. The van der Waals surface area contributed by atoms with E-state index in [1.165, 1.54) is 6.92 Å². The Kier molecular flexibility index (Phi) is 3.08. The first-order valence-corrected chi connectivity index (χ1v) is 6.72. The summed E-state index contributed by atoms with van der Waals surface area (Å²) in [5.41, 5.74) is 0. The third-order valence-electron chi connectivity index (χ3n) is 4.66. The zero-order valence-corrected chi connectivity index (χ0v) is 10.6. The number of rotatable bonds is 2. The summed E-state index contributed by atoms with van der Waals surface area (Å²) in [4.78, 5) is 10.9. The highest BCUT2D eigenvalue weighted by Crippen LogP contribution is 2.55. The Morgan fingerprint density at radius 1 is 1.44 bits per heavy atom. The van der Waals surface area contributed by atoms with Crippen LogP contribution in [0.15, 0.2) is 0 Å². The summed E-state index contributed by atoms with van der Waals surface area (Å²) in [6, 6.07) is 0. The van der Waals surface area contributed by atoms with E-state index in [0.717, 1.165) is 19.3 Å². The molecule has 18 heavy (non-hydrogen) atoms. The molecule has 3 rings (SSSR count). The van der Waals surface area contributed by atoms with Crippen LogP contribution in [0, 0.1) is 17.8 Å². The average Bonchev–Trinajstić information content (AvgIpc) is 2.99. The zero-order valence-electron chi connectivity index (χ0n) is 10.6. The normalized spacial score (nSPS) is 41.2.